The molecule has 50 heavy (non-hydrogen) atoms. The summed E-state index contributed by atoms with van der Waals surface area (Å²) in [6, 6.07) is -1.96. The molecule has 1 aromatic rings. The second kappa shape index (κ2) is 20.5. The van der Waals surface area contributed by atoms with E-state index in [9.17, 15) is 58.5 Å². The highest BCUT2D eigenvalue weighted by atomic mass is 16.4. The van der Waals surface area contributed by atoms with Crippen LogP contribution in [-0.2, 0) is 49.6 Å². The first-order chi connectivity index (χ1) is 23.3. The van der Waals surface area contributed by atoms with Gasteiger partial charge in [-0.2, -0.15) is 0 Å². The van der Waals surface area contributed by atoms with E-state index in [0.717, 1.165) is 0 Å². The molecule has 0 radical (unpaired) electrons. The summed E-state index contributed by atoms with van der Waals surface area (Å²) in [4.78, 5) is 110. The van der Waals surface area contributed by atoms with E-state index in [1.165, 1.54) is 24.3 Å². The number of benzene rings is 1. The van der Waals surface area contributed by atoms with Gasteiger partial charge in [-0.25, -0.2) is 4.79 Å². The molecule has 0 aliphatic heterocycles. The fourth-order valence-corrected chi connectivity index (χ4v) is 4.30. The molecule has 7 amide bonds. The fourth-order valence-electron chi connectivity index (χ4n) is 4.30. The Kier molecular flexibility index (Phi) is 17.4. The number of primary amides is 2. The normalized spacial score (nSPS) is 13.8. The summed E-state index contributed by atoms with van der Waals surface area (Å²) in [5.74, 6) is -10.1. The van der Waals surface area contributed by atoms with Crippen molar-refractivity contribution in [3.63, 3.8) is 0 Å². The molecule has 5 atom stereocenters. The van der Waals surface area contributed by atoms with Crippen molar-refractivity contribution in [2.75, 3.05) is 6.54 Å². The van der Waals surface area contributed by atoms with Gasteiger partial charge in [0.15, 0.2) is 0 Å². The minimum absolute atomic E-state index is 0.0963. The SMILES string of the molecule is CC(C)C(NC(=O)CNC(=O)C(CCC(N)=O)NC(=O)C(CC(=O)O)NC(=O)C(Cc1ccc(O)cc1)NC(=O)C(N)CCC(N)=O)C(=O)O. The maximum Gasteiger partial charge on any atom is 0.326 e. The first kappa shape index (κ1) is 42.2. The van der Waals surface area contributed by atoms with Gasteiger partial charge >= 0.3 is 11.9 Å². The zero-order valence-electron chi connectivity index (χ0n) is 27.5. The van der Waals surface area contributed by atoms with E-state index in [4.69, 9.17) is 17.2 Å². The topological polar surface area (TPSA) is 353 Å². The number of phenols is 1. The third-order valence-corrected chi connectivity index (χ3v) is 7.04. The highest BCUT2D eigenvalue weighted by Gasteiger charge is 2.32. The zero-order valence-corrected chi connectivity index (χ0v) is 27.5. The van der Waals surface area contributed by atoms with Crippen LogP contribution in [0.15, 0.2) is 24.3 Å². The van der Waals surface area contributed by atoms with Crippen LogP contribution in [0.3, 0.4) is 0 Å². The van der Waals surface area contributed by atoms with Crippen molar-refractivity contribution in [3.05, 3.63) is 29.8 Å². The summed E-state index contributed by atoms with van der Waals surface area (Å²) >= 11 is 0. The van der Waals surface area contributed by atoms with Crippen molar-refractivity contribution < 1.29 is 58.5 Å². The second-order valence-corrected chi connectivity index (χ2v) is 11.6. The van der Waals surface area contributed by atoms with Crippen molar-refractivity contribution in [1.82, 2.24) is 26.6 Å². The van der Waals surface area contributed by atoms with E-state index < -0.39 is 115 Å². The van der Waals surface area contributed by atoms with E-state index in [-0.39, 0.29) is 25.0 Å². The maximum atomic E-state index is 13.4. The van der Waals surface area contributed by atoms with E-state index in [1.54, 1.807) is 13.8 Å². The number of carboxylic acids is 2. The van der Waals surface area contributed by atoms with Crippen molar-refractivity contribution in [1.29, 1.82) is 0 Å². The van der Waals surface area contributed by atoms with Crippen LogP contribution < -0.4 is 43.8 Å². The third-order valence-electron chi connectivity index (χ3n) is 7.04. The lowest BCUT2D eigenvalue weighted by molar-refractivity contribution is -0.143. The van der Waals surface area contributed by atoms with Crippen LogP contribution in [0.25, 0.3) is 0 Å². The van der Waals surface area contributed by atoms with Crippen molar-refractivity contribution in [2.45, 2.75) is 82.6 Å². The van der Waals surface area contributed by atoms with Crippen LogP contribution in [0.2, 0.25) is 0 Å². The Labute approximate surface area is 286 Å². The molecular formula is C30H44N8O12. The second-order valence-electron chi connectivity index (χ2n) is 11.6. The molecule has 1 aromatic carbocycles. The zero-order chi connectivity index (χ0) is 38.1. The molecule has 0 spiro atoms. The van der Waals surface area contributed by atoms with Gasteiger partial charge in [0.2, 0.25) is 41.4 Å². The molecule has 0 saturated heterocycles. The van der Waals surface area contributed by atoms with Crippen molar-refractivity contribution >= 4 is 53.3 Å². The van der Waals surface area contributed by atoms with E-state index in [1.807, 2.05) is 0 Å². The lowest BCUT2D eigenvalue weighted by atomic mass is 10.0. The first-order valence-electron chi connectivity index (χ1n) is 15.3. The van der Waals surface area contributed by atoms with Crippen LogP contribution in [-0.4, -0.2) is 105 Å². The van der Waals surface area contributed by atoms with Crippen LogP contribution in [0.4, 0.5) is 0 Å². The Morgan fingerprint density at radius 2 is 1.22 bits per heavy atom. The number of aliphatic carboxylic acids is 2. The monoisotopic (exact) mass is 708 g/mol. The molecule has 14 N–H and O–H groups in total. The first-order valence-corrected chi connectivity index (χ1v) is 15.3. The van der Waals surface area contributed by atoms with Gasteiger partial charge in [-0.05, 0) is 36.5 Å². The molecule has 0 bridgehead atoms. The number of hydrogen-bond donors (Lipinski definition) is 11. The number of nitrogens with two attached hydrogens (primary N) is 3. The highest BCUT2D eigenvalue weighted by Crippen LogP contribution is 2.12. The molecule has 0 aliphatic carbocycles. The van der Waals surface area contributed by atoms with Gasteiger partial charge in [0.25, 0.3) is 0 Å². The number of hydrogen-bond acceptors (Lipinski definition) is 11. The van der Waals surface area contributed by atoms with Gasteiger partial charge < -0.3 is 59.1 Å². The molecule has 0 heterocycles. The Balaban J connectivity index is 3.20. The lowest BCUT2D eigenvalue weighted by Gasteiger charge is -2.25. The number of nitrogens with one attached hydrogen (secondary N) is 5. The number of phenolic OH excluding ortho intramolecular Hbond substituents is 1. The molecule has 5 unspecified atom stereocenters. The predicted molar refractivity (Wildman–Crippen MR) is 172 cm³/mol. The lowest BCUT2D eigenvalue weighted by Crippen LogP contribution is -2.59. The minimum Gasteiger partial charge on any atom is -0.508 e. The Hall–Kier alpha value is -5.79. The van der Waals surface area contributed by atoms with E-state index in [2.05, 4.69) is 26.6 Å². The molecule has 20 heteroatoms. The molecule has 1 rings (SSSR count). The standard InChI is InChI=1S/C30H44N8O12/c1-14(2)25(30(49)50)38-23(42)13-34-27(46)18(8-10-22(33)41)35-29(48)20(12-24(43)44)37-28(47)19(11-15-3-5-16(39)6-4-15)36-26(45)17(31)7-9-21(32)40/h3-6,14,17-20,25,39H,7-13,31H2,1-2H3,(H2,32,40)(H2,33,41)(H,34,46)(H,35,48)(H,36,45)(H,37,47)(H,38,42)(H,43,44)(H,49,50). The summed E-state index contributed by atoms with van der Waals surface area (Å²) in [5.41, 5.74) is 16.5. The van der Waals surface area contributed by atoms with Crippen LogP contribution in [0.1, 0.15) is 51.5 Å². The number of carboxylic acid groups (broad SMARTS) is 2. The molecule has 20 nitrogen and oxygen atoms in total. The summed E-state index contributed by atoms with van der Waals surface area (Å²) in [5, 5.41) is 39.6. The van der Waals surface area contributed by atoms with Gasteiger partial charge in [-0.1, -0.05) is 26.0 Å². The average Bonchev–Trinajstić information content (AvgIpc) is 3.02. The Morgan fingerprint density at radius 3 is 1.74 bits per heavy atom. The number of aromatic hydroxyl groups is 1. The Bertz CT molecular complexity index is 1420. The van der Waals surface area contributed by atoms with Gasteiger partial charge in [-0.15, -0.1) is 0 Å². The summed E-state index contributed by atoms with van der Waals surface area (Å²) in [7, 11) is 0. The smallest absolute Gasteiger partial charge is 0.326 e. The molecule has 0 aromatic heterocycles. The van der Waals surface area contributed by atoms with Crippen LogP contribution >= 0.6 is 0 Å². The number of carbonyl (C=O) groups excluding carboxylic acids is 7. The minimum atomic E-state index is -1.85. The summed E-state index contributed by atoms with van der Waals surface area (Å²) in [6.07, 6.45) is -2.48. The van der Waals surface area contributed by atoms with Gasteiger partial charge in [0, 0.05) is 19.3 Å². The van der Waals surface area contributed by atoms with Gasteiger partial charge in [0.1, 0.15) is 29.9 Å². The van der Waals surface area contributed by atoms with E-state index in [0.29, 0.717) is 5.56 Å². The number of rotatable bonds is 22. The molecule has 0 fully saturated rings. The third kappa shape index (κ3) is 15.9. The van der Waals surface area contributed by atoms with Gasteiger partial charge in [0.05, 0.1) is 19.0 Å². The summed E-state index contributed by atoms with van der Waals surface area (Å²) in [6.45, 7) is 2.36. The van der Waals surface area contributed by atoms with Crippen molar-refractivity contribution in [2.24, 2.45) is 23.1 Å². The molecule has 276 valence electrons. The fraction of sp³-hybridized carbons (Fsp3) is 0.500. The number of carbonyl (C=O) groups is 9. The highest BCUT2D eigenvalue weighted by molar-refractivity contribution is 5.97. The molecule has 0 aliphatic rings. The molecular weight excluding hydrogens is 664 g/mol. The summed E-state index contributed by atoms with van der Waals surface area (Å²) < 4.78 is 0. The Morgan fingerprint density at radius 1 is 0.700 bits per heavy atom. The van der Waals surface area contributed by atoms with Crippen LogP contribution in [0.5, 0.6) is 5.75 Å². The average molecular weight is 709 g/mol. The largest absolute Gasteiger partial charge is 0.508 e. The molecule has 0 saturated carbocycles. The number of amides is 7. The maximum absolute atomic E-state index is 13.4. The predicted octanol–water partition coefficient (Wildman–Crippen LogP) is -3.94. The quantitative estimate of drug-likeness (QED) is 0.0549. The van der Waals surface area contributed by atoms with Gasteiger partial charge in [-0.3, -0.25) is 38.4 Å². The van der Waals surface area contributed by atoms with Crippen LogP contribution in [0, 0.1) is 5.92 Å². The van der Waals surface area contributed by atoms with E-state index >= 15 is 0 Å². The van der Waals surface area contributed by atoms with Crippen molar-refractivity contribution in [3.8, 4) is 5.75 Å².